The molecular weight excluding hydrogens is 214 g/mol. The van der Waals surface area contributed by atoms with E-state index >= 15 is 0 Å². The highest BCUT2D eigenvalue weighted by Crippen LogP contribution is 2.25. The number of rotatable bonds is 3. The summed E-state index contributed by atoms with van der Waals surface area (Å²) in [6.07, 6.45) is 0. The van der Waals surface area contributed by atoms with Gasteiger partial charge in [0.05, 0.1) is 12.1 Å². The number of para-hydroxylation sites is 1. The summed E-state index contributed by atoms with van der Waals surface area (Å²) in [7, 11) is 1.89. The zero-order valence-electron chi connectivity index (χ0n) is 9.59. The fourth-order valence-corrected chi connectivity index (χ4v) is 1.80. The fraction of sp³-hybridized carbons (Fsp3) is 0.231. The summed E-state index contributed by atoms with van der Waals surface area (Å²) < 4.78 is 0. The zero-order valence-corrected chi connectivity index (χ0v) is 9.59. The van der Waals surface area contributed by atoms with Crippen LogP contribution in [0.25, 0.3) is 10.9 Å². The number of aliphatic hydroxyl groups is 1. The number of hydrogen-bond donors (Lipinski definition) is 1. The average Bonchev–Trinajstić information content (AvgIpc) is 2.37. The summed E-state index contributed by atoms with van der Waals surface area (Å²) in [5.74, 6) is 0. The van der Waals surface area contributed by atoms with Crippen LogP contribution in [0.2, 0.25) is 0 Å². The molecule has 0 radical (unpaired) electrons. The van der Waals surface area contributed by atoms with Crippen molar-refractivity contribution in [1.82, 2.24) is 4.98 Å². The molecule has 0 spiro atoms. The Morgan fingerprint density at radius 2 is 2.18 bits per heavy atom. The first-order valence-electron chi connectivity index (χ1n) is 5.38. The molecule has 1 aromatic heterocycles. The molecule has 0 saturated heterocycles. The molecule has 0 aliphatic heterocycles. The third kappa shape index (κ3) is 2.19. The van der Waals surface area contributed by atoms with Crippen molar-refractivity contribution in [2.45, 2.75) is 0 Å². The number of pyridine rings is 1. The SMILES string of the molecule is CN(CCO)c1cc(C#N)nc2ccccc12. The molecule has 86 valence electrons. The smallest absolute Gasteiger partial charge is 0.143 e. The predicted molar refractivity (Wildman–Crippen MR) is 66.8 cm³/mol. The molecule has 0 unspecified atom stereocenters. The van der Waals surface area contributed by atoms with Crippen molar-refractivity contribution in [3.63, 3.8) is 0 Å². The number of likely N-dealkylation sites (N-methyl/N-ethyl adjacent to an activating group) is 1. The average molecular weight is 227 g/mol. The first-order valence-corrected chi connectivity index (χ1v) is 5.38. The van der Waals surface area contributed by atoms with Crippen LogP contribution in [0.4, 0.5) is 5.69 Å². The van der Waals surface area contributed by atoms with Gasteiger partial charge >= 0.3 is 0 Å². The number of benzene rings is 1. The lowest BCUT2D eigenvalue weighted by molar-refractivity contribution is 0.304. The van der Waals surface area contributed by atoms with Crippen molar-refractivity contribution >= 4 is 16.6 Å². The van der Waals surface area contributed by atoms with E-state index in [-0.39, 0.29) is 6.61 Å². The van der Waals surface area contributed by atoms with Crippen molar-refractivity contribution in [3.05, 3.63) is 36.0 Å². The molecule has 1 heterocycles. The topological polar surface area (TPSA) is 60.1 Å². The predicted octanol–water partition coefficient (Wildman–Crippen LogP) is 1.53. The molecule has 0 amide bonds. The Morgan fingerprint density at radius 1 is 1.41 bits per heavy atom. The van der Waals surface area contributed by atoms with Crippen LogP contribution in [0.3, 0.4) is 0 Å². The molecule has 0 fully saturated rings. The van der Waals surface area contributed by atoms with Gasteiger partial charge in [0.2, 0.25) is 0 Å². The number of aliphatic hydroxyl groups excluding tert-OH is 1. The Balaban J connectivity index is 2.63. The Labute approximate surface area is 99.7 Å². The van der Waals surface area contributed by atoms with E-state index in [1.54, 1.807) is 6.07 Å². The van der Waals surface area contributed by atoms with Crippen LogP contribution in [-0.2, 0) is 0 Å². The number of aromatic nitrogens is 1. The van der Waals surface area contributed by atoms with Gasteiger partial charge in [-0.05, 0) is 12.1 Å². The second-order valence-electron chi connectivity index (χ2n) is 3.80. The van der Waals surface area contributed by atoms with E-state index in [0.29, 0.717) is 12.2 Å². The van der Waals surface area contributed by atoms with Gasteiger partial charge < -0.3 is 10.0 Å². The lowest BCUT2D eigenvalue weighted by Crippen LogP contribution is -2.21. The minimum atomic E-state index is 0.0784. The Kier molecular flexibility index (Phi) is 3.22. The monoisotopic (exact) mass is 227 g/mol. The van der Waals surface area contributed by atoms with E-state index < -0.39 is 0 Å². The molecule has 0 aliphatic carbocycles. The zero-order chi connectivity index (χ0) is 12.3. The number of hydrogen-bond acceptors (Lipinski definition) is 4. The van der Waals surface area contributed by atoms with E-state index in [4.69, 9.17) is 10.4 Å². The summed E-state index contributed by atoms with van der Waals surface area (Å²) in [5.41, 5.74) is 2.11. The number of fused-ring (bicyclic) bond motifs is 1. The van der Waals surface area contributed by atoms with Gasteiger partial charge in [0.25, 0.3) is 0 Å². The summed E-state index contributed by atoms with van der Waals surface area (Å²) in [4.78, 5) is 6.17. The molecule has 1 N–H and O–H groups in total. The second-order valence-corrected chi connectivity index (χ2v) is 3.80. The first kappa shape index (κ1) is 11.4. The molecule has 0 bridgehead atoms. The van der Waals surface area contributed by atoms with E-state index in [1.807, 2.05) is 36.2 Å². The van der Waals surface area contributed by atoms with Gasteiger partial charge in [-0.1, -0.05) is 18.2 Å². The highest BCUT2D eigenvalue weighted by molar-refractivity contribution is 5.92. The molecule has 2 rings (SSSR count). The van der Waals surface area contributed by atoms with Gasteiger partial charge in [0, 0.05) is 24.7 Å². The van der Waals surface area contributed by atoms with Crippen LogP contribution in [0.5, 0.6) is 0 Å². The highest BCUT2D eigenvalue weighted by Gasteiger charge is 2.08. The minimum absolute atomic E-state index is 0.0784. The largest absolute Gasteiger partial charge is 0.395 e. The molecule has 0 aliphatic rings. The fourth-order valence-electron chi connectivity index (χ4n) is 1.80. The van der Waals surface area contributed by atoms with Crippen molar-refractivity contribution in [1.29, 1.82) is 5.26 Å². The molecule has 0 atom stereocenters. The number of nitrogens with zero attached hydrogens (tertiary/aromatic N) is 3. The molecule has 0 saturated carbocycles. The van der Waals surface area contributed by atoms with Crippen LogP contribution in [0.15, 0.2) is 30.3 Å². The third-order valence-corrected chi connectivity index (χ3v) is 2.66. The van der Waals surface area contributed by atoms with Gasteiger partial charge in [0.15, 0.2) is 0 Å². The second kappa shape index (κ2) is 4.81. The maximum atomic E-state index is 8.97. The van der Waals surface area contributed by atoms with Gasteiger partial charge in [-0.3, -0.25) is 0 Å². The normalized spacial score (nSPS) is 10.2. The van der Waals surface area contributed by atoms with Crippen molar-refractivity contribution in [2.75, 3.05) is 25.1 Å². The van der Waals surface area contributed by atoms with E-state index in [2.05, 4.69) is 11.1 Å². The third-order valence-electron chi connectivity index (χ3n) is 2.66. The molecule has 17 heavy (non-hydrogen) atoms. The van der Waals surface area contributed by atoms with Crippen LogP contribution in [0, 0.1) is 11.3 Å². The van der Waals surface area contributed by atoms with Gasteiger partial charge in [-0.15, -0.1) is 0 Å². The Hall–Kier alpha value is -2.12. The molecular formula is C13H13N3O. The minimum Gasteiger partial charge on any atom is -0.395 e. The van der Waals surface area contributed by atoms with Crippen LogP contribution >= 0.6 is 0 Å². The maximum absolute atomic E-state index is 8.97. The highest BCUT2D eigenvalue weighted by atomic mass is 16.3. The lowest BCUT2D eigenvalue weighted by atomic mass is 10.1. The molecule has 1 aromatic carbocycles. The quantitative estimate of drug-likeness (QED) is 0.864. The van der Waals surface area contributed by atoms with E-state index in [1.165, 1.54) is 0 Å². The Morgan fingerprint density at radius 3 is 2.88 bits per heavy atom. The van der Waals surface area contributed by atoms with Gasteiger partial charge in [0.1, 0.15) is 11.8 Å². The van der Waals surface area contributed by atoms with Gasteiger partial charge in [-0.25, -0.2) is 4.98 Å². The van der Waals surface area contributed by atoms with Crippen molar-refractivity contribution < 1.29 is 5.11 Å². The first-order chi connectivity index (χ1) is 8.26. The summed E-state index contributed by atoms with van der Waals surface area (Å²) >= 11 is 0. The summed E-state index contributed by atoms with van der Waals surface area (Å²) in [6.45, 7) is 0.605. The maximum Gasteiger partial charge on any atom is 0.143 e. The van der Waals surface area contributed by atoms with Crippen LogP contribution in [-0.4, -0.2) is 30.3 Å². The van der Waals surface area contributed by atoms with Gasteiger partial charge in [-0.2, -0.15) is 5.26 Å². The molecule has 4 nitrogen and oxygen atoms in total. The standard InChI is InChI=1S/C13H13N3O/c1-16(6-7-17)13-8-10(9-14)15-12-5-3-2-4-11(12)13/h2-5,8,17H,6-7H2,1H3. The number of anilines is 1. The molecule has 4 heteroatoms. The van der Waals surface area contributed by atoms with Crippen molar-refractivity contribution in [2.24, 2.45) is 0 Å². The number of nitriles is 1. The lowest BCUT2D eigenvalue weighted by Gasteiger charge is -2.19. The summed E-state index contributed by atoms with van der Waals surface area (Å²) in [6, 6.07) is 11.5. The van der Waals surface area contributed by atoms with E-state index in [0.717, 1.165) is 16.6 Å². The molecule has 2 aromatic rings. The van der Waals surface area contributed by atoms with Crippen LogP contribution < -0.4 is 4.90 Å². The van der Waals surface area contributed by atoms with E-state index in [9.17, 15) is 0 Å². The van der Waals surface area contributed by atoms with Crippen molar-refractivity contribution in [3.8, 4) is 6.07 Å². The Bertz CT molecular complexity index is 574. The van der Waals surface area contributed by atoms with Crippen LogP contribution in [0.1, 0.15) is 5.69 Å². The summed E-state index contributed by atoms with van der Waals surface area (Å²) in [5, 5.41) is 18.9.